The van der Waals surface area contributed by atoms with Gasteiger partial charge in [0.15, 0.2) is 13.9 Å². The van der Waals surface area contributed by atoms with Crippen LogP contribution >= 0.6 is 0 Å². The number of rotatable bonds is 11. The second kappa shape index (κ2) is 13.8. The summed E-state index contributed by atoms with van der Waals surface area (Å²) in [6.07, 6.45) is 3.30. The Morgan fingerprint density at radius 2 is 1.80 bits per heavy atom. The number of aromatic nitrogens is 3. The van der Waals surface area contributed by atoms with Gasteiger partial charge in [0.05, 0.1) is 42.5 Å². The maximum atomic E-state index is 14.9. The second-order valence-electron chi connectivity index (χ2n) is 14.2. The maximum Gasteiger partial charge on any atom is 0.264 e. The van der Waals surface area contributed by atoms with E-state index in [9.17, 15) is 19.5 Å². The molecule has 1 spiro atoms. The van der Waals surface area contributed by atoms with Crippen LogP contribution in [-0.2, 0) is 39.4 Å². The molecule has 3 aliphatic rings. The topological polar surface area (TPSA) is 143 Å². The van der Waals surface area contributed by atoms with E-state index in [0.29, 0.717) is 49.4 Å². The summed E-state index contributed by atoms with van der Waals surface area (Å²) in [6, 6.07) is 23.1. The van der Waals surface area contributed by atoms with Gasteiger partial charge in [-0.05, 0) is 61.0 Å². The number of hydrogen-bond donors (Lipinski definition) is 2. The summed E-state index contributed by atoms with van der Waals surface area (Å²) >= 11 is 0. The van der Waals surface area contributed by atoms with Crippen molar-refractivity contribution in [3.05, 3.63) is 101 Å². The molecule has 0 radical (unpaired) electrons. The predicted octanol–water partition coefficient (Wildman–Crippen LogP) is 4.79. The molecule has 1 fully saturated rings. The van der Waals surface area contributed by atoms with Crippen LogP contribution in [0.1, 0.15) is 48.6 Å². The fraction of sp³-hybridized carbons (Fsp3) is 0.395. The Kier molecular flexibility index (Phi) is 9.39. The van der Waals surface area contributed by atoms with Crippen LogP contribution in [0.2, 0.25) is 18.6 Å². The summed E-state index contributed by atoms with van der Waals surface area (Å²) in [5.74, 6) is 0.0390. The number of aryl methyl sites for hydroxylation is 1. The molecule has 2 amide bonds. The lowest BCUT2D eigenvalue weighted by Gasteiger charge is -2.32. The summed E-state index contributed by atoms with van der Waals surface area (Å²) in [5, 5.41) is 23.8. The molecule has 3 aliphatic heterocycles. The predicted molar refractivity (Wildman–Crippen MR) is 195 cm³/mol. The van der Waals surface area contributed by atoms with Crippen molar-refractivity contribution in [2.45, 2.75) is 76.0 Å². The molecule has 0 unspecified atom stereocenters. The number of hydrogen-bond acceptors (Lipinski definition) is 9. The minimum Gasteiger partial charge on any atom is -0.497 e. The van der Waals surface area contributed by atoms with Crippen molar-refractivity contribution in [3.63, 3.8) is 0 Å². The standard InChI is InChI=1S/C38H44N6O6Si/c1-25-36(51(3,4)48)34(18-20-42-24-28(19-21-45)39-41-42)50-38(25)31-22-30(49-2)14-16-33(31)43(37(38)47)23-26-10-12-29(13-11-26)44-35(46)17-15-32(40-44)27-8-6-5-7-9-27/h5-14,16,22,24-25,34,36,45,48H,15,17-21,23H2,1-4H3/t25-,34+,36-,38+/m0/s1. The Balaban J connectivity index is 1.17. The van der Waals surface area contributed by atoms with E-state index in [1.807, 2.05) is 99.0 Å². The number of aliphatic hydroxyl groups is 1. The summed E-state index contributed by atoms with van der Waals surface area (Å²) in [4.78, 5) is 41.2. The molecule has 0 aliphatic carbocycles. The van der Waals surface area contributed by atoms with Gasteiger partial charge in [0.2, 0.25) is 5.91 Å². The van der Waals surface area contributed by atoms with Crippen molar-refractivity contribution in [3.8, 4) is 5.75 Å². The number of hydrazone groups is 1. The Labute approximate surface area is 298 Å². The van der Waals surface area contributed by atoms with Gasteiger partial charge in [0.25, 0.3) is 5.91 Å². The third-order valence-electron chi connectivity index (χ3n) is 10.4. The van der Waals surface area contributed by atoms with E-state index in [1.165, 1.54) is 5.01 Å². The number of fused-ring (bicyclic) bond motifs is 2. The molecular weight excluding hydrogens is 665 g/mol. The van der Waals surface area contributed by atoms with Gasteiger partial charge in [0, 0.05) is 55.6 Å². The van der Waals surface area contributed by atoms with E-state index >= 15 is 0 Å². The molecule has 266 valence electrons. The van der Waals surface area contributed by atoms with E-state index < -0.39 is 20.0 Å². The molecule has 4 atom stereocenters. The average Bonchev–Trinajstić information content (AvgIpc) is 3.77. The van der Waals surface area contributed by atoms with Crippen molar-refractivity contribution in [2.24, 2.45) is 11.0 Å². The van der Waals surface area contributed by atoms with E-state index in [0.717, 1.165) is 28.1 Å². The van der Waals surface area contributed by atoms with Crippen LogP contribution < -0.4 is 14.6 Å². The smallest absolute Gasteiger partial charge is 0.264 e. The van der Waals surface area contributed by atoms with Crippen LogP contribution in [0.25, 0.3) is 0 Å². The molecular formula is C38H44N6O6Si. The van der Waals surface area contributed by atoms with Gasteiger partial charge in [0.1, 0.15) is 5.75 Å². The number of carbonyl (C=O) groups excluding carboxylic acids is 2. The van der Waals surface area contributed by atoms with Crippen molar-refractivity contribution in [2.75, 3.05) is 23.6 Å². The highest BCUT2D eigenvalue weighted by molar-refractivity contribution is 6.71. The molecule has 4 heterocycles. The fourth-order valence-corrected chi connectivity index (χ4v) is 10.7. The third-order valence-corrected chi connectivity index (χ3v) is 13.0. The summed E-state index contributed by atoms with van der Waals surface area (Å²) in [6.45, 7) is 6.59. The molecule has 1 saturated heterocycles. The lowest BCUT2D eigenvalue weighted by molar-refractivity contribution is -0.146. The van der Waals surface area contributed by atoms with E-state index in [-0.39, 0.29) is 36.4 Å². The zero-order valence-corrected chi connectivity index (χ0v) is 30.4. The molecule has 7 rings (SSSR count). The molecule has 4 aromatic rings. The lowest BCUT2D eigenvalue weighted by Crippen LogP contribution is -2.46. The number of methoxy groups -OCH3 is 1. The van der Waals surface area contributed by atoms with Gasteiger partial charge >= 0.3 is 0 Å². The quantitative estimate of drug-likeness (QED) is 0.212. The molecule has 3 aromatic carbocycles. The number of anilines is 2. The van der Waals surface area contributed by atoms with Crippen molar-refractivity contribution < 1.29 is 29.0 Å². The zero-order chi connectivity index (χ0) is 35.9. The first-order valence-electron chi connectivity index (χ1n) is 17.5. The Morgan fingerprint density at radius 1 is 1.04 bits per heavy atom. The fourth-order valence-electron chi connectivity index (χ4n) is 8.06. The van der Waals surface area contributed by atoms with Gasteiger partial charge in [-0.15, -0.1) is 5.10 Å². The van der Waals surface area contributed by atoms with Crippen LogP contribution in [0.3, 0.4) is 0 Å². The van der Waals surface area contributed by atoms with Gasteiger partial charge < -0.3 is 24.3 Å². The van der Waals surface area contributed by atoms with Crippen LogP contribution in [0.5, 0.6) is 5.75 Å². The number of carbonyl (C=O) groups is 2. The first-order valence-corrected chi connectivity index (χ1v) is 20.5. The first-order chi connectivity index (χ1) is 24.5. The Bertz CT molecular complexity index is 1940. The van der Waals surface area contributed by atoms with E-state index in [4.69, 9.17) is 14.6 Å². The van der Waals surface area contributed by atoms with Crippen LogP contribution in [0.4, 0.5) is 11.4 Å². The monoisotopic (exact) mass is 708 g/mol. The third kappa shape index (κ3) is 6.39. The zero-order valence-electron chi connectivity index (χ0n) is 29.4. The van der Waals surface area contributed by atoms with Crippen molar-refractivity contribution in [1.82, 2.24) is 15.0 Å². The summed E-state index contributed by atoms with van der Waals surface area (Å²) < 4.78 is 14.3. The number of nitrogens with zero attached hydrogens (tertiary/aromatic N) is 6. The van der Waals surface area contributed by atoms with Crippen molar-refractivity contribution >= 4 is 37.2 Å². The van der Waals surface area contributed by atoms with Crippen LogP contribution in [-0.4, -0.2) is 70.6 Å². The first kappa shape index (κ1) is 34.7. The minimum atomic E-state index is -2.86. The Hall–Kier alpha value is -4.69. The summed E-state index contributed by atoms with van der Waals surface area (Å²) in [7, 11) is -1.26. The van der Waals surface area contributed by atoms with E-state index in [2.05, 4.69) is 10.3 Å². The number of aliphatic hydroxyl groups excluding tert-OH is 1. The highest BCUT2D eigenvalue weighted by Gasteiger charge is 2.66. The largest absolute Gasteiger partial charge is 0.497 e. The van der Waals surface area contributed by atoms with Crippen LogP contribution in [0.15, 0.2) is 84.1 Å². The minimum absolute atomic E-state index is 0.00919. The molecule has 51 heavy (non-hydrogen) atoms. The average molecular weight is 709 g/mol. The van der Waals surface area contributed by atoms with E-state index in [1.54, 1.807) is 16.7 Å². The highest BCUT2D eigenvalue weighted by atomic mass is 28.4. The maximum absolute atomic E-state index is 14.9. The molecule has 0 bridgehead atoms. The van der Waals surface area contributed by atoms with Gasteiger partial charge in [-0.2, -0.15) is 5.10 Å². The van der Waals surface area contributed by atoms with Gasteiger partial charge in [-0.25, -0.2) is 5.01 Å². The molecule has 12 nitrogen and oxygen atoms in total. The van der Waals surface area contributed by atoms with Gasteiger partial charge in [-0.3, -0.25) is 14.3 Å². The van der Waals surface area contributed by atoms with Crippen molar-refractivity contribution in [1.29, 1.82) is 0 Å². The number of amides is 2. The molecule has 1 aromatic heterocycles. The molecule has 13 heteroatoms. The number of ether oxygens (including phenoxy) is 2. The number of benzene rings is 3. The molecule has 2 N–H and O–H groups in total. The van der Waals surface area contributed by atoms with Gasteiger partial charge in [-0.1, -0.05) is 54.6 Å². The normalized spacial score (nSPS) is 23.3. The highest BCUT2D eigenvalue weighted by Crippen LogP contribution is 2.60. The SMILES string of the molecule is COc1ccc2c(c1)[C@@]1(O[C@H](CCn3cc(CCO)nn3)[C@@H]([Si](C)(C)O)[C@@H]1C)C(=O)N2Cc1ccc(N2N=C(c3ccccc3)CCC2=O)cc1. The Morgan fingerprint density at radius 3 is 2.51 bits per heavy atom. The second-order valence-corrected chi connectivity index (χ2v) is 18.1. The summed E-state index contributed by atoms with van der Waals surface area (Å²) in [5.41, 5.74) is 4.00. The molecule has 0 saturated carbocycles. The van der Waals surface area contributed by atoms with Crippen LogP contribution in [0, 0.1) is 5.92 Å². The lowest BCUT2D eigenvalue weighted by atomic mass is 9.82.